The molecule has 1 N–H and O–H groups in total. The largest absolute Gasteiger partial charge is 0.332 e. The second-order valence-electron chi connectivity index (χ2n) is 6.84. The second kappa shape index (κ2) is 8.30. The van der Waals surface area contributed by atoms with Crippen LogP contribution in [0.15, 0.2) is 30.5 Å². The van der Waals surface area contributed by atoms with Crippen molar-refractivity contribution >= 4 is 11.6 Å². The van der Waals surface area contributed by atoms with Gasteiger partial charge in [0.25, 0.3) is 11.6 Å². The Hall–Kier alpha value is -2.74. The molecule has 2 heterocycles. The molecule has 8 nitrogen and oxygen atoms in total. The fourth-order valence-corrected chi connectivity index (χ4v) is 3.52. The van der Waals surface area contributed by atoms with Gasteiger partial charge in [0.15, 0.2) is 0 Å². The number of carbonyl (C=O) groups is 1. The van der Waals surface area contributed by atoms with Crippen molar-refractivity contribution in [2.75, 3.05) is 32.7 Å². The quantitative estimate of drug-likeness (QED) is 0.608. The molecule has 1 aliphatic rings. The molecule has 27 heavy (non-hydrogen) atoms. The molecule has 8 heteroatoms. The summed E-state index contributed by atoms with van der Waals surface area (Å²) >= 11 is 0. The molecule has 2 aromatic rings. The minimum absolute atomic E-state index is 0.0294. The first-order valence-corrected chi connectivity index (χ1v) is 9.49. The van der Waals surface area contributed by atoms with Crippen molar-refractivity contribution < 1.29 is 14.6 Å². The van der Waals surface area contributed by atoms with Gasteiger partial charge in [0, 0.05) is 12.1 Å². The van der Waals surface area contributed by atoms with E-state index in [0.29, 0.717) is 5.56 Å². The van der Waals surface area contributed by atoms with E-state index in [0.717, 1.165) is 56.9 Å². The zero-order valence-electron chi connectivity index (χ0n) is 15.9. The highest BCUT2D eigenvalue weighted by atomic mass is 16.6. The first-order valence-electron chi connectivity index (χ1n) is 9.49. The number of nitro groups is 1. The number of aromatic nitrogens is 2. The summed E-state index contributed by atoms with van der Waals surface area (Å²) in [6, 6.07) is 6.26. The molecule has 1 aliphatic heterocycles. The molecule has 0 bridgehead atoms. The van der Waals surface area contributed by atoms with E-state index in [2.05, 4.69) is 18.9 Å². The number of nitrogens with zero attached hydrogens (tertiary/aromatic N) is 4. The van der Waals surface area contributed by atoms with E-state index in [1.54, 1.807) is 23.0 Å². The number of hydrogen-bond acceptors (Lipinski definition) is 4. The topological polar surface area (TPSA) is 85.7 Å². The van der Waals surface area contributed by atoms with Gasteiger partial charge in [-0.05, 0) is 25.5 Å². The SMILES string of the molecule is CCCc1c(C(=O)N2CC[NH+](CC)CC2)cnn1-c1ccc([N+](=O)[O-])cc1. The number of non-ortho nitro benzene ring substituents is 1. The van der Waals surface area contributed by atoms with E-state index in [-0.39, 0.29) is 11.6 Å². The van der Waals surface area contributed by atoms with Crippen LogP contribution in [0, 0.1) is 10.1 Å². The van der Waals surface area contributed by atoms with Gasteiger partial charge in [-0.2, -0.15) is 5.10 Å². The maximum atomic E-state index is 13.1. The lowest BCUT2D eigenvalue weighted by atomic mass is 10.1. The van der Waals surface area contributed by atoms with E-state index in [1.165, 1.54) is 17.0 Å². The number of nitro benzene ring substituents is 1. The molecule has 1 saturated heterocycles. The van der Waals surface area contributed by atoms with E-state index < -0.39 is 4.92 Å². The predicted octanol–water partition coefficient (Wildman–Crippen LogP) is 1.09. The molecule has 1 amide bonds. The van der Waals surface area contributed by atoms with Crippen molar-refractivity contribution in [1.29, 1.82) is 0 Å². The van der Waals surface area contributed by atoms with E-state index in [1.807, 2.05) is 4.90 Å². The first kappa shape index (κ1) is 19.0. The average molecular weight is 372 g/mol. The maximum absolute atomic E-state index is 13.1. The Morgan fingerprint density at radius 3 is 2.44 bits per heavy atom. The molecule has 0 radical (unpaired) electrons. The smallest absolute Gasteiger partial charge is 0.269 e. The summed E-state index contributed by atoms with van der Waals surface area (Å²) in [4.78, 5) is 26.9. The maximum Gasteiger partial charge on any atom is 0.269 e. The summed E-state index contributed by atoms with van der Waals surface area (Å²) in [7, 11) is 0. The summed E-state index contributed by atoms with van der Waals surface area (Å²) in [6.07, 6.45) is 3.23. The van der Waals surface area contributed by atoms with Crippen LogP contribution >= 0.6 is 0 Å². The zero-order valence-corrected chi connectivity index (χ0v) is 15.9. The minimum atomic E-state index is -0.424. The van der Waals surface area contributed by atoms with Crippen LogP contribution in [0.5, 0.6) is 0 Å². The summed E-state index contributed by atoms with van der Waals surface area (Å²) in [6.45, 7) is 8.78. The Bertz CT molecular complexity index is 807. The fraction of sp³-hybridized carbons (Fsp3) is 0.474. The lowest BCUT2D eigenvalue weighted by Gasteiger charge is -2.31. The summed E-state index contributed by atoms with van der Waals surface area (Å²) in [5, 5.41) is 15.3. The molecule has 3 rings (SSSR count). The van der Waals surface area contributed by atoms with Gasteiger partial charge in [0.05, 0.1) is 60.8 Å². The molecule has 1 aromatic carbocycles. The van der Waals surface area contributed by atoms with Crippen LogP contribution in [-0.4, -0.2) is 58.2 Å². The molecule has 0 unspecified atom stereocenters. The zero-order chi connectivity index (χ0) is 19.4. The van der Waals surface area contributed by atoms with Crippen LogP contribution in [0.2, 0.25) is 0 Å². The van der Waals surface area contributed by atoms with Gasteiger partial charge in [-0.15, -0.1) is 0 Å². The fourth-order valence-electron chi connectivity index (χ4n) is 3.52. The predicted molar refractivity (Wildman–Crippen MR) is 101 cm³/mol. The van der Waals surface area contributed by atoms with Crippen LogP contribution in [0.3, 0.4) is 0 Å². The molecule has 0 saturated carbocycles. The van der Waals surface area contributed by atoms with Crippen molar-refractivity contribution in [2.24, 2.45) is 0 Å². The molecule has 144 valence electrons. The van der Waals surface area contributed by atoms with Gasteiger partial charge in [-0.1, -0.05) is 13.3 Å². The molecule has 0 aliphatic carbocycles. The lowest BCUT2D eigenvalue weighted by molar-refractivity contribution is -0.902. The number of likely N-dealkylation sites (N-methyl/N-ethyl adjacent to an activating group) is 1. The molecule has 1 fully saturated rings. The van der Waals surface area contributed by atoms with Crippen molar-refractivity contribution in [3.05, 3.63) is 51.8 Å². The lowest BCUT2D eigenvalue weighted by Crippen LogP contribution is -3.14. The van der Waals surface area contributed by atoms with Crippen LogP contribution in [-0.2, 0) is 6.42 Å². The monoisotopic (exact) mass is 372 g/mol. The number of amides is 1. The van der Waals surface area contributed by atoms with Crippen LogP contribution in [0.1, 0.15) is 36.3 Å². The normalized spacial score (nSPS) is 15.1. The highest BCUT2D eigenvalue weighted by Crippen LogP contribution is 2.21. The average Bonchev–Trinajstić information content (AvgIpc) is 3.11. The van der Waals surface area contributed by atoms with Gasteiger partial charge in [0.1, 0.15) is 0 Å². The number of quaternary nitrogens is 1. The van der Waals surface area contributed by atoms with Gasteiger partial charge >= 0.3 is 0 Å². The standard InChI is InChI=1S/C19H25N5O3/c1-3-5-18-17(19(25)22-12-10-21(4-2)11-13-22)14-20-23(18)15-6-8-16(9-7-15)24(26)27/h6-9,14H,3-5,10-13H2,1-2H3/p+1. The number of benzene rings is 1. The Morgan fingerprint density at radius 2 is 1.89 bits per heavy atom. The number of nitrogens with one attached hydrogen (secondary N) is 1. The molecular weight excluding hydrogens is 346 g/mol. The van der Waals surface area contributed by atoms with Crippen molar-refractivity contribution in [3.63, 3.8) is 0 Å². The summed E-state index contributed by atoms with van der Waals surface area (Å²) in [5.74, 6) is 0.0294. The molecule has 0 spiro atoms. The Morgan fingerprint density at radius 1 is 1.22 bits per heavy atom. The van der Waals surface area contributed by atoms with Crippen LogP contribution in [0.25, 0.3) is 5.69 Å². The van der Waals surface area contributed by atoms with Gasteiger partial charge in [0.2, 0.25) is 0 Å². The summed E-state index contributed by atoms with van der Waals surface area (Å²) < 4.78 is 1.73. The Balaban J connectivity index is 1.86. The van der Waals surface area contributed by atoms with Crippen molar-refractivity contribution in [3.8, 4) is 5.69 Å². The first-order chi connectivity index (χ1) is 13.0. The number of hydrogen-bond donors (Lipinski definition) is 1. The second-order valence-corrected chi connectivity index (χ2v) is 6.84. The third-order valence-corrected chi connectivity index (χ3v) is 5.15. The van der Waals surface area contributed by atoms with Gasteiger partial charge in [-0.3, -0.25) is 14.9 Å². The number of rotatable bonds is 6. The van der Waals surface area contributed by atoms with Crippen molar-refractivity contribution in [1.82, 2.24) is 14.7 Å². The summed E-state index contributed by atoms with van der Waals surface area (Å²) in [5.41, 5.74) is 2.26. The van der Waals surface area contributed by atoms with Gasteiger partial charge in [-0.25, -0.2) is 4.68 Å². The third kappa shape index (κ3) is 4.00. The van der Waals surface area contributed by atoms with E-state index in [9.17, 15) is 14.9 Å². The highest BCUT2D eigenvalue weighted by molar-refractivity contribution is 5.95. The Labute approximate surface area is 158 Å². The van der Waals surface area contributed by atoms with Crippen molar-refractivity contribution in [2.45, 2.75) is 26.7 Å². The molecule has 0 atom stereocenters. The van der Waals surface area contributed by atoms with Gasteiger partial charge < -0.3 is 9.80 Å². The Kier molecular flexibility index (Phi) is 5.85. The third-order valence-electron chi connectivity index (χ3n) is 5.15. The van der Waals surface area contributed by atoms with E-state index in [4.69, 9.17) is 0 Å². The molecular formula is C19H26N5O3+. The van der Waals surface area contributed by atoms with Crippen LogP contribution < -0.4 is 4.90 Å². The van der Waals surface area contributed by atoms with Crippen LogP contribution in [0.4, 0.5) is 5.69 Å². The minimum Gasteiger partial charge on any atom is -0.332 e. The highest BCUT2D eigenvalue weighted by Gasteiger charge is 2.27. The number of carbonyl (C=O) groups excluding carboxylic acids is 1. The molecule has 1 aromatic heterocycles. The van der Waals surface area contributed by atoms with E-state index >= 15 is 0 Å². The number of piperazine rings is 1.